The highest BCUT2D eigenvalue weighted by molar-refractivity contribution is 5.38. The molecule has 1 aromatic rings. The summed E-state index contributed by atoms with van der Waals surface area (Å²) in [6, 6.07) is 6.07. The van der Waals surface area contributed by atoms with Gasteiger partial charge in [0.05, 0.1) is 6.61 Å². The molecule has 0 spiro atoms. The minimum absolute atomic E-state index is 0.0543. The predicted octanol–water partition coefficient (Wildman–Crippen LogP) is 2.66. The maximum absolute atomic E-state index is 8.69. The van der Waals surface area contributed by atoms with Crippen LogP contribution in [0.2, 0.25) is 0 Å². The number of aliphatic hydroxyl groups is 1. The molecule has 0 fully saturated rings. The van der Waals surface area contributed by atoms with Crippen LogP contribution in [0, 0.1) is 6.92 Å². The van der Waals surface area contributed by atoms with E-state index in [4.69, 9.17) is 9.84 Å². The molecule has 84 valence electrons. The molecule has 1 N–H and O–H groups in total. The normalized spacial score (nSPS) is 11.5. The van der Waals surface area contributed by atoms with E-state index in [-0.39, 0.29) is 12.0 Å². The molecule has 0 amide bonds. The van der Waals surface area contributed by atoms with Crippen LogP contribution in [-0.4, -0.2) is 18.3 Å². The van der Waals surface area contributed by atoms with Crippen molar-refractivity contribution in [2.24, 2.45) is 0 Å². The van der Waals surface area contributed by atoms with Crippen molar-refractivity contribution in [2.75, 3.05) is 13.2 Å². The average Bonchev–Trinajstić information content (AvgIpc) is 2.15. The zero-order valence-corrected chi connectivity index (χ0v) is 10.0. The molecule has 0 atom stereocenters. The lowest BCUT2D eigenvalue weighted by molar-refractivity contribution is 0.201. The SMILES string of the molecule is Cc1ccc(OCCO)cc1C(C)(C)C. The molecule has 15 heavy (non-hydrogen) atoms. The van der Waals surface area contributed by atoms with E-state index in [9.17, 15) is 0 Å². The maximum atomic E-state index is 8.69. The van der Waals surface area contributed by atoms with Gasteiger partial charge in [0, 0.05) is 0 Å². The largest absolute Gasteiger partial charge is 0.491 e. The third-order valence-corrected chi connectivity index (χ3v) is 2.38. The van der Waals surface area contributed by atoms with E-state index < -0.39 is 0 Å². The summed E-state index contributed by atoms with van der Waals surface area (Å²) in [5, 5.41) is 8.69. The minimum atomic E-state index is 0.0543. The summed E-state index contributed by atoms with van der Waals surface area (Å²) in [4.78, 5) is 0. The first kappa shape index (κ1) is 12.1. The van der Waals surface area contributed by atoms with Crippen molar-refractivity contribution in [1.82, 2.24) is 0 Å². The van der Waals surface area contributed by atoms with Gasteiger partial charge < -0.3 is 9.84 Å². The van der Waals surface area contributed by atoms with Crippen molar-refractivity contribution in [3.05, 3.63) is 29.3 Å². The van der Waals surface area contributed by atoms with E-state index >= 15 is 0 Å². The van der Waals surface area contributed by atoms with Crippen LogP contribution in [0.5, 0.6) is 5.75 Å². The highest BCUT2D eigenvalue weighted by atomic mass is 16.5. The fourth-order valence-electron chi connectivity index (χ4n) is 1.66. The third kappa shape index (κ3) is 3.24. The van der Waals surface area contributed by atoms with Crippen LogP contribution in [0.1, 0.15) is 31.9 Å². The second-order valence-corrected chi connectivity index (χ2v) is 4.80. The van der Waals surface area contributed by atoms with Gasteiger partial charge in [-0.2, -0.15) is 0 Å². The Bertz CT molecular complexity index is 324. The number of rotatable bonds is 3. The lowest BCUT2D eigenvalue weighted by Crippen LogP contribution is -2.13. The molecule has 0 saturated heterocycles. The summed E-state index contributed by atoms with van der Waals surface area (Å²) in [5.74, 6) is 0.833. The Labute approximate surface area is 91.9 Å². The molecular weight excluding hydrogens is 188 g/mol. The topological polar surface area (TPSA) is 29.5 Å². The van der Waals surface area contributed by atoms with E-state index in [1.807, 2.05) is 6.07 Å². The molecule has 2 heteroatoms. The summed E-state index contributed by atoms with van der Waals surface area (Å²) >= 11 is 0. The molecule has 0 aliphatic heterocycles. The van der Waals surface area contributed by atoms with Gasteiger partial charge >= 0.3 is 0 Å². The monoisotopic (exact) mass is 208 g/mol. The number of aryl methyl sites for hydroxylation is 1. The van der Waals surface area contributed by atoms with Crippen LogP contribution < -0.4 is 4.74 Å². The van der Waals surface area contributed by atoms with Gasteiger partial charge in [0.1, 0.15) is 12.4 Å². The summed E-state index contributed by atoms with van der Waals surface area (Å²) < 4.78 is 5.40. The van der Waals surface area contributed by atoms with E-state index in [2.05, 4.69) is 39.8 Å². The van der Waals surface area contributed by atoms with Crippen LogP contribution in [0.25, 0.3) is 0 Å². The first-order valence-corrected chi connectivity index (χ1v) is 5.30. The van der Waals surface area contributed by atoms with Gasteiger partial charge in [-0.3, -0.25) is 0 Å². The fraction of sp³-hybridized carbons (Fsp3) is 0.538. The van der Waals surface area contributed by atoms with E-state index in [0.29, 0.717) is 6.61 Å². The number of benzene rings is 1. The first-order chi connectivity index (χ1) is 6.95. The second kappa shape index (κ2) is 4.67. The smallest absolute Gasteiger partial charge is 0.119 e. The summed E-state index contributed by atoms with van der Waals surface area (Å²) in [7, 11) is 0. The van der Waals surface area contributed by atoms with Crippen molar-refractivity contribution >= 4 is 0 Å². The molecule has 1 rings (SSSR count). The summed E-state index contributed by atoms with van der Waals surface area (Å²) in [6.45, 7) is 9.07. The van der Waals surface area contributed by atoms with Gasteiger partial charge in [-0.15, -0.1) is 0 Å². The van der Waals surface area contributed by atoms with E-state index in [0.717, 1.165) is 5.75 Å². The van der Waals surface area contributed by atoms with E-state index in [1.165, 1.54) is 11.1 Å². The first-order valence-electron chi connectivity index (χ1n) is 5.30. The van der Waals surface area contributed by atoms with Crippen molar-refractivity contribution in [3.63, 3.8) is 0 Å². The van der Waals surface area contributed by atoms with Crippen LogP contribution in [-0.2, 0) is 5.41 Å². The van der Waals surface area contributed by atoms with Crippen LogP contribution in [0.4, 0.5) is 0 Å². The lowest BCUT2D eigenvalue weighted by atomic mass is 9.84. The Morgan fingerprint density at radius 1 is 1.27 bits per heavy atom. The Balaban J connectivity index is 2.95. The number of hydrogen-bond acceptors (Lipinski definition) is 2. The zero-order valence-electron chi connectivity index (χ0n) is 10.0. The van der Waals surface area contributed by atoms with Gasteiger partial charge in [0.2, 0.25) is 0 Å². The van der Waals surface area contributed by atoms with Crippen LogP contribution >= 0.6 is 0 Å². The fourth-order valence-corrected chi connectivity index (χ4v) is 1.66. The Kier molecular flexibility index (Phi) is 3.75. The number of aliphatic hydroxyl groups excluding tert-OH is 1. The highest BCUT2D eigenvalue weighted by Gasteiger charge is 2.16. The van der Waals surface area contributed by atoms with Gasteiger partial charge in [-0.1, -0.05) is 26.8 Å². The van der Waals surface area contributed by atoms with E-state index in [1.54, 1.807) is 0 Å². The molecule has 0 unspecified atom stereocenters. The van der Waals surface area contributed by atoms with Crippen molar-refractivity contribution in [2.45, 2.75) is 33.1 Å². The highest BCUT2D eigenvalue weighted by Crippen LogP contribution is 2.28. The van der Waals surface area contributed by atoms with Gasteiger partial charge in [-0.05, 0) is 35.6 Å². The Hall–Kier alpha value is -1.02. The Morgan fingerprint density at radius 2 is 1.93 bits per heavy atom. The molecule has 0 heterocycles. The minimum Gasteiger partial charge on any atom is -0.491 e. The number of ether oxygens (including phenoxy) is 1. The molecule has 1 aromatic carbocycles. The van der Waals surface area contributed by atoms with Crippen molar-refractivity contribution in [1.29, 1.82) is 0 Å². The number of hydrogen-bond donors (Lipinski definition) is 1. The molecule has 0 aromatic heterocycles. The maximum Gasteiger partial charge on any atom is 0.119 e. The predicted molar refractivity (Wildman–Crippen MR) is 62.5 cm³/mol. The standard InChI is InChI=1S/C13H20O2/c1-10-5-6-11(15-8-7-14)9-12(10)13(2,3)4/h5-6,9,14H,7-8H2,1-4H3. The molecule has 0 saturated carbocycles. The van der Waals surface area contributed by atoms with Crippen LogP contribution in [0.15, 0.2) is 18.2 Å². The van der Waals surface area contributed by atoms with Crippen molar-refractivity contribution in [3.8, 4) is 5.75 Å². The molecular formula is C13H20O2. The Morgan fingerprint density at radius 3 is 2.47 bits per heavy atom. The molecule has 0 aliphatic carbocycles. The molecule has 0 bridgehead atoms. The van der Waals surface area contributed by atoms with Crippen LogP contribution in [0.3, 0.4) is 0 Å². The summed E-state index contributed by atoms with van der Waals surface area (Å²) in [5.41, 5.74) is 2.69. The second-order valence-electron chi connectivity index (χ2n) is 4.80. The van der Waals surface area contributed by atoms with Gasteiger partial charge in [0.25, 0.3) is 0 Å². The summed E-state index contributed by atoms with van der Waals surface area (Å²) in [6.07, 6.45) is 0. The molecule has 0 aliphatic rings. The van der Waals surface area contributed by atoms with Gasteiger partial charge in [0.15, 0.2) is 0 Å². The third-order valence-electron chi connectivity index (χ3n) is 2.38. The average molecular weight is 208 g/mol. The lowest BCUT2D eigenvalue weighted by Gasteiger charge is -2.22. The zero-order chi connectivity index (χ0) is 11.5. The quantitative estimate of drug-likeness (QED) is 0.827. The molecule has 0 radical (unpaired) electrons. The van der Waals surface area contributed by atoms with Crippen molar-refractivity contribution < 1.29 is 9.84 Å². The molecule has 2 nitrogen and oxygen atoms in total. The van der Waals surface area contributed by atoms with Gasteiger partial charge in [-0.25, -0.2) is 0 Å².